The van der Waals surface area contributed by atoms with Gasteiger partial charge in [-0.15, -0.1) is 0 Å². The van der Waals surface area contributed by atoms with Gasteiger partial charge in [0.05, 0.1) is 29.9 Å². The van der Waals surface area contributed by atoms with Gasteiger partial charge in [-0.25, -0.2) is 4.79 Å². The van der Waals surface area contributed by atoms with Crippen molar-refractivity contribution in [1.29, 1.82) is 0 Å². The molecule has 0 radical (unpaired) electrons. The van der Waals surface area contributed by atoms with Crippen LogP contribution in [0.3, 0.4) is 0 Å². The van der Waals surface area contributed by atoms with Gasteiger partial charge in [0.2, 0.25) is 0 Å². The molecule has 3 heterocycles. The molecule has 8 nitrogen and oxygen atoms in total. The van der Waals surface area contributed by atoms with E-state index in [1.54, 1.807) is 37.4 Å². The van der Waals surface area contributed by atoms with Crippen LogP contribution >= 0.6 is 12.2 Å². The van der Waals surface area contributed by atoms with Gasteiger partial charge in [-0.1, -0.05) is 6.07 Å². The molecule has 0 unspecified atom stereocenters. The molecule has 2 atom stereocenters. The number of carboxylic acid groups (broad SMARTS) is 1. The van der Waals surface area contributed by atoms with Crippen LogP contribution in [0.4, 0.5) is 0 Å². The number of benzene rings is 1. The smallest absolute Gasteiger partial charge is 0.335 e. The van der Waals surface area contributed by atoms with Crippen LogP contribution in [0.1, 0.15) is 52.0 Å². The molecule has 2 N–H and O–H groups in total. The molecule has 0 saturated carbocycles. The molecule has 0 aliphatic carbocycles. The van der Waals surface area contributed by atoms with Crippen molar-refractivity contribution >= 4 is 29.3 Å². The van der Waals surface area contributed by atoms with Crippen molar-refractivity contribution in [3.05, 3.63) is 82.9 Å². The standard InChI is InChI=1S/C25H26N4O4S/c1-4-33-21(30)14-28-23(22(27-25(28)34)20-7-5-6-12-26-20)19-13-15(2)29(16(19)3)18-10-8-17(9-11-18)24(31)32/h5-13,22-23H,4,14H2,1-3H3,(H,27,34)(H,31,32)/t22-,23-/m0/s1. The summed E-state index contributed by atoms with van der Waals surface area (Å²) in [5, 5.41) is 13.0. The van der Waals surface area contributed by atoms with Crippen molar-refractivity contribution in [1.82, 2.24) is 19.8 Å². The zero-order valence-electron chi connectivity index (χ0n) is 19.2. The van der Waals surface area contributed by atoms with Crippen LogP contribution in [-0.4, -0.2) is 49.8 Å². The Morgan fingerprint density at radius 3 is 2.53 bits per heavy atom. The maximum Gasteiger partial charge on any atom is 0.335 e. The minimum atomic E-state index is -0.966. The molecule has 9 heteroatoms. The monoisotopic (exact) mass is 478 g/mol. The number of aromatic carboxylic acids is 1. The van der Waals surface area contributed by atoms with E-state index in [1.165, 1.54) is 0 Å². The predicted molar refractivity (Wildman–Crippen MR) is 131 cm³/mol. The molecular weight excluding hydrogens is 452 g/mol. The Labute approximate surface area is 203 Å². The Hall–Kier alpha value is -3.72. The quantitative estimate of drug-likeness (QED) is 0.392. The first-order valence-electron chi connectivity index (χ1n) is 11.0. The van der Waals surface area contributed by atoms with E-state index in [4.69, 9.17) is 17.0 Å². The number of hydrogen-bond acceptors (Lipinski definition) is 5. The van der Waals surface area contributed by atoms with E-state index in [0.29, 0.717) is 11.7 Å². The van der Waals surface area contributed by atoms with E-state index in [-0.39, 0.29) is 30.2 Å². The lowest BCUT2D eigenvalue weighted by Gasteiger charge is -2.27. The second kappa shape index (κ2) is 9.64. The highest BCUT2D eigenvalue weighted by molar-refractivity contribution is 7.80. The Kier molecular flexibility index (Phi) is 6.65. The Morgan fingerprint density at radius 2 is 1.91 bits per heavy atom. The number of carboxylic acids is 1. The summed E-state index contributed by atoms with van der Waals surface area (Å²) in [6.45, 7) is 6.09. The van der Waals surface area contributed by atoms with Crippen LogP contribution in [0.2, 0.25) is 0 Å². The lowest BCUT2D eigenvalue weighted by molar-refractivity contribution is -0.143. The summed E-state index contributed by atoms with van der Waals surface area (Å²) in [6, 6.07) is 14.0. The van der Waals surface area contributed by atoms with Crippen molar-refractivity contribution in [2.45, 2.75) is 32.9 Å². The van der Waals surface area contributed by atoms with E-state index >= 15 is 0 Å². The number of pyridine rings is 1. The highest BCUT2D eigenvalue weighted by Gasteiger charge is 2.42. The van der Waals surface area contributed by atoms with E-state index in [1.807, 2.05) is 36.9 Å². The van der Waals surface area contributed by atoms with Gasteiger partial charge in [0, 0.05) is 23.3 Å². The van der Waals surface area contributed by atoms with Crippen LogP contribution < -0.4 is 5.32 Å². The van der Waals surface area contributed by atoms with E-state index in [9.17, 15) is 14.7 Å². The Morgan fingerprint density at radius 1 is 1.18 bits per heavy atom. The molecule has 0 bridgehead atoms. The summed E-state index contributed by atoms with van der Waals surface area (Å²) < 4.78 is 7.27. The maximum atomic E-state index is 12.4. The third kappa shape index (κ3) is 4.38. The summed E-state index contributed by atoms with van der Waals surface area (Å²) in [7, 11) is 0. The van der Waals surface area contributed by atoms with Crippen molar-refractivity contribution < 1.29 is 19.4 Å². The summed E-state index contributed by atoms with van der Waals surface area (Å²) in [6.07, 6.45) is 1.73. The van der Waals surface area contributed by atoms with Gasteiger partial charge in [-0.05, 0) is 81.0 Å². The normalized spacial score (nSPS) is 17.5. The van der Waals surface area contributed by atoms with Crippen LogP contribution in [0, 0.1) is 13.8 Å². The number of rotatable bonds is 7. The molecular formula is C25H26N4O4S. The second-order valence-electron chi connectivity index (χ2n) is 8.07. The summed E-state index contributed by atoms with van der Waals surface area (Å²) in [4.78, 5) is 30.1. The molecule has 34 heavy (non-hydrogen) atoms. The second-order valence-corrected chi connectivity index (χ2v) is 8.46. The number of thiocarbonyl (C=S) groups is 1. The van der Waals surface area contributed by atoms with Crippen LogP contribution in [-0.2, 0) is 9.53 Å². The first-order valence-corrected chi connectivity index (χ1v) is 11.4. The topological polar surface area (TPSA) is 96.7 Å². The van der Waals surface area contributed by atoms with Crippen LogP contribution in [0.5, 0.6) is 0 Å². The number of esters is 1. The molecule has 176 valence electrons. The Balaban J connectivity index is 1.79. The number of carbonyl (C=O) groups excluding carboxylic acids is 1. The fourth-order valence-electron chi connectivity index (χ4n) is 4.50. The van der Waals surface area contributed by atoms with Gasteiger partial charge in [-0.2, -0.15) is 0 Å². The number of aryl methyl sites for hydroxylation is 1. The molecule has 1 aromatic carbocycles. The van der Waals surface area contributed by atoms with Crippen molar-refractivity contribution in [2.75, 3.05) is 13.2 Å². The van der Waals surface area contributed by atoms with Gasteiger partial charge < -0.3 is 24.6 Å². The molecule has 4 rings (SSSR count). The number of aromatic nitrogens is 2. The number of carbonyl (C=O) groups is 2. The number of nitrogens with zero attached hydrogens (tertiary/aromatic N) is 3. The lowest BCUT2D eigenvalue weighted by Crippen LogP contribution is -2.35. The largest absolute Gasteiger partial charge is 0.478 e. The Bertz CT molecular complexity index is 1220. The predicted octanol–water partition coefficient (Wildman–Crippen LogP) is 3.72. The minimum Gasteiger partial charge on any atom is -0.478 e. The molecule has 1 saturated heterocycles. The van der Waals surface area contributed by atoms with Gasteiger partial charge in [-0.3, -0.25) is 9.78 Å². The average molecular weight is 479 g/mol. The summed E-state index contributed by atoms with van der Waals surface area (Å²) >= 11 is 5.63. The van der Waals surface area contributed by atoms with Crippen molar-refractivity contribution in [3.63, 3.8) is 0 Å². The molecule has 1 fully saturated rings. The molecule has 3 aromatic rings. The van der Waals surface area contributed by atoms with E-state index < -0.39 is 5.97 Å². The summed E-state index contributed by atoms with van der Waals surface area (Å²) in [5.41, 5.74) is 4.83. The number of ether oxygens (including phenoxy) is 1. The van der Waals surface area contributed by atoms with E-state index in [0.717, 1.165) is 28.3 Å². The van der Waals surface area contributed by atoms with Gasteiger partial charge >= 0.3 is 11.9 Å². The number of hydrogen-bond donors (Lipinski definition) is 2. The van der Waals surface area contributed by atoms with E-state index in [2.05, 4.69) is 20.9 Å². The van der Waals surface area contributed by atoms with Gasteiger partial charge in [0.15, 0.2) is 5.11 Å². The van der Waals surface area contributed by atoms with Crippen LogP contribution in [0.15, 0.2) is 54.7 Å². The molecule has 0 amide bonds. The third-order valence-electron chi connectivity index (χ3n) is 5.96. The van der Waals surface area contributed by atoms with Crippen molar-refractivity contribution in [3.8, 4) is 5.69 Å². The lowest BCUT2D eigenvalue weighted by atomic mass is 9.97. The van der Waals surface area contributed by atoms with Crippen LogP contribution in [0.25, 0.3) is 5.69 Å². The highest BCUT2D eigenvalue weighted by Crippen LogP contribution is 2.41. The van der Waals surface area contributed by atoms with Crippen molar-refractivity contribution in [2.24, 2.45) is 0 Å². The maximum absolute atomic E-state index is 12.4. The first-order chi connectivity index (χ1) is 16.3. The summed E-state index contributed by atoms with van der Waals surface area (Å²) in [5.74, 6) is -1.32. The fourth-order valence-corrected chi connectivity index (χ4v) is 4.80. The van der Waals surface area contributed by atoms with Gasteiger partial charge in [0.1, 0.15) is 6.54 Å². The SMILES string of the molecule is CCOC(=O)CN1C(=S)N[C@@H](c2ccccn2)[C@@H]1c1cc(C)n(-c2ccc(C(=O)O)cc2)c1C. The highest BCUT2D eigenvalue weighted by atomic mass is 32.1. The molecule has 1 aliphatic heterocycles. The molecule has 0 spiro atoms. The minimum absolute atomic E-state index is 0.0185. The zero-order chi connectivity index (χ0) is 24.4. The van der Waals surface area contributed by atoms with Gasteiger partial charge in [0.25, 0.3) is 0 Å². The first kappa shape index (κ1) is 23.4. The molecule has 1 aliphatic rings. The number of nitrogens with one attached hydrogen (secondary N) is 1. The fraction of sp³-hybridized carbons (Fsp3) is 0.280. The molecule has 2 aromatic heterocycles. The average Bonchev–Trinajstić information content (AvgIpc) is 3.29. The zero-order valence-corrected chi connectivity index (χ0v) is 20.0. The third-order valence-corrected chi connectivity index (χ3v) is 6.32.